The summed E-state index contributed by atoms with van der Waals surface area (Å²) in [5.41, 5.74) is 1.82. The summed E-state index contributed by atoms with van der Waals surface area (Å²) >= 11 is 0. The first-order valence-corrected chi connectivity index (χ1v) is 8.89. The number of esters is 1. The van der Waals surface area contributed by atoms with Gasteiger partial charge in [0, 0.05) is 6.04 Å². The van der Waals surface area contributed by atoms with E-state index in [1.54, 1.807) is 4.90 Å². The molecule has 1 aliphatic heterocycles. The van der Waals surface area contributed by atoms with E-state index in [1.807, 2.05) is 25.1 Å². The van der Waals surface area contributed by atoms with Crippen molar-refractivity contribution in [3.63, 3.8) is 0 Å². The molecular formula is C19H28N2O3. The number of nitrogens with one attached hydrogen (secondary N) is 1. The number of ether oxygens (including phenoxy) is 1. The van der Waals surface area contributed by atoms with Gasteiger partial charge >= 0.3 is 5.97 Å². The van der Waals surface area contributed by atoms with Crippen LogP contribution in [0.5, 0.6) is 5.75 Å². The summed E-state index contributed by atoms with van der Waals surface area (Å²) in [6.07, 6.45) is 5.43. The number of fused-ring (bicyclic) bond motifs is 1. The van der Waals surface area contributed by atoms with Gasteiger partial charge in [0.2, 0.25) is 5.91 Å². The number of aryl methyl sites for hydroxylation is 1. The average Bonchev–Trinajstić information content (AvgIpc) is 2.53. The first-order chi connectivity index (χ1) is 11.5. The second-order valence-corrected chi connectivity index (χ2v) is 6.47. The normalized spacial score (nSPS) is 14.8. The summed E-state index contributed by atoms with van der Waals surface area (Å²) in [6, 6.07) is 5.90. The molecule has 0 fully saturated rings. The second kappa shape index (κ2) is 8.71. The van der Waals surface area contributed by atoms with E-state index in [2.05, 4.69) is 19.2 Å². The Labute approximate surface area is 144 Å². The number of hydrogen-bond acceptors (Lipinski definition) is 4. The maximum Gasteiger partial charge on any atom is 0.331 e. The molecule has 5 nitrogen and oxygen atoms in total. The molecule has 132 valence electrons. The highest BCUT2D eigenvalue weighted by molar-refractivity contribution is 5.89. The molecule has 0 aliphatic carbocycles. The van der Waals surface area contributed by atoms with Gasteiger partial charge in [-0.25, -0.2) is 4.79 Å². The highest BCUT2D eigenvalue weighted by atomic mass is 16.5. The number of benzene rings is 1. The van der Waals surface area contributed by atoms with Crippen LogP contribution in [0.15, 0.2) is 18.2 Å². The van der Waals surface area contributed by atoms with Crippen LogP contribution in [0.25, 0.3) is 0 Å². The topological polar surface area (TPSA) is 58.6 Å². The lowest BCUT2D eigenvalue weighted by molar-refractivity contribution is -0.133. The van der Waals surface area contributed by atoms with E-state index >= 15 is 0 Å². The quantitative estimate of drug-likeness (QED) is 0.451. The lowest BCUT2D eigenvalue weighted by Gasteiger charge is -2.30. The Balaban J connectivity index is 1.97. The van der Waals surface area contributed by atoms with E-state index in [0.717, 1.165) is 30.5 Å². The summed E-state index contributed by atoms with van der Waals surface area (Å²) in [4.78, 5) is 26.0. The fourth-order valence-corrected chi connectivity index (χ4v) is 2.97. The Morgan fingerprint density at radius 2 is 2.12 bits per heavy atom. The largest absolute Gasteiger partial charge is 0.423 e. The van der Waals surface area contributed by atoms with Gasteiger partial charge in [0.15, 0.2) is 5.75 Å². The van der Waals surface area contributed by atoms with Crippen LogP contribution in [0.2, 0.25) is 0 Å². The number of rotatable bonds is 8. The number of hydrogen-bond donors (Lipinski definition) is 1. The van der Waals surface area contributed by atoms with Crippen LogP contribution < -0.4 is 15.0 Å². The molecule has 0 spiro atoms. The molecule has 2 rings (SSSR count). The predicted octanol–water partition coefficient (Wildman–Crippen LogP) is 3.20. The zero-order chi connectivity index (χ0) is 17.5. The maximum absolute atomic E-state index is 12.4. The third-order valence-corrected chi connectivity index (χ3v) is 4.35. The van der Waals surface area contributed by atoms with Crippen molar-refractivity contribution in [2.75, 3.05) is 18.0 Å². The van der Waals surface area contributed by atoms with E-state index in [0.29, 0.717) is 5.75 Å². The lowest BCUT2D eigenvalue weighted by atomic mass is 10.1. The number of carbonyl (C=O) groups is 2. The Kier molecular flexibility index (Phi) is 6.64. The van der Waals surface area contributed by atoms with Crippen LogP contribution in [0.4, 0.5) is 5.69 Å². The summed E-state index contributed by atoms with van der Waals surface area (Å²) in [5, 5.41) is 3.10. The van der Waals surface area contributed by atoms with Crippen LogP contribution >= 0.6 is 0 Å². The van der Waals surface area contributed by atoms with E-state index in [9.17, 15) is 9.59 Å². The van der Waals surface area contributed by atoms with Crippen LogP contribution in [0.3, 0.4) is 0 Å². The van der Waals surface area contributed by atoms with Crippen molar-refractivity contribution in [2.24, 2.45) is 0 Å². The molecule has 0 saturated heterocycles. The van der Waals surface area contributed by atoms with Crippen molar-refractivity contribution < 1.29 is 14.3 Å². The molecule has 0 bridgehead atoms. The molecule has 1 N–H and O–H groups in total. The van der Waals surface area contributed by atoms with Crippen molar-refractivity contribution in [1.82, 2.24) is 5.32 Å². The molecule has 0 aromatic heterocycles. The second-order valence-electron chi connectivity index (χ2n) is 6.47. The number of carbonyl (C=O) groups excluding carboxylic acids is 2. The maximum atomic E-state index is 12.4. The van der Waals surface area contributed by atoms with Gasteiger partial charge in [0.1, 0.15) is 6.54 Å². The fraction of sp³-hybridized carbons (Fsp3) is 0.579. The van der Waals surface area contributed by atoms with Gasteiger partial charge in [-0.2, -0.15) is 0 Å². The molecule has 0 radical (unpaired) electrons. The molecule has 1 amide bonds. The lowest BCUT2D eigenvalue weighted by Crippen LogP contribution is -2.45. The minimum absolute atomic E-state index is 0.0421. The van der Waals surface area contributed by atoms with Gasteiger partial charge in [-0.05, 0) is 37.5 Å². The van der Waals surface area contributed by atoms with Gasteiger partial charge in [-0.15, -0.1) is 0 Å². The molecule has 1 aromatic rings. The van der Waals surface area contributed by atoms with Crippen molar-refractivity contribution in [1.29, 1.82) is 0 Å². The Bertz CT molecular complexity index is 586. The molecular weight excluding hydrogens is 304 g/mol. The molecule has 1 aromatic carbocycles. The zero-order valence-electron chi connectivity index (χ0n) is 14.9. The van der Waals surface area contributed by atoms with E-state index in [4.69, 9.17) is 4.74 Å². The number of amides is 1. The van der Waals surface area contributed by atoms with Crippen LogP contribution in [0.1, 0.15) is 51.5 Å². The average molecular weight is 332 g/mol. The van der Waals surface area contributed by atoms with Gasteiger partial charge in [-0.1, -0.05) is 39.2 Å². The van der Waals surface area contributed by atoms with Gasteiger partial charge in [0.25, 0.3) is 0 Å². The minimum Gasteiger partial charge on any atom is -0.423 e. The minimum atomic E-state index is -0.323. The van der Waals surface area contributed by atoms with E-state index in [-0.39, 0.29) is 31.0 Å². The van der Waals surface area contributed by atoms with Crippen LogP contribution in [-0.2, 0) is 9.59 Å². The number of anilines is 1. The van der Waals surface area contributed by atoms with Crippen molar-refractivity contribution in [3.05, 3.63) is 23.8 Å². The number of unbranched alkanes of at least 4 members (excludes halogenated alkanes) is 2. The molecule has 24 heavy (non-hydrogen) atoms. The Morgan fingerprint density at radius 3 is 2.83 bits per heavy atom. The standard InChI is InChI=1S/C19H28N2O3/c1-4-6-7-8-15(5-2)20-18(22)12-21-13-19(23)24-17-11-14(3)9-10-16(17)21/h9-11,15H,4-8,12-13H2,1-3H3,(H,20,22). The van der Waals surface area contributed by atoms with Crippen molar-refractivity contribution >= 4 is 17.6 Å². The fourth-order valence-electron chi connectivity index (χ4n) is 2.97. The number of nitrogens with zero attached hydrogens (tertiary/aromatic N) is 1. The third kappa shape index (κ3) is 4.98. The van der Waals surface area contributed by atoms with Gasteiger partial charge < -0.3 is 15.0 Å². The van der Waals surface area contributed by atoms with Crippen molar-refractivity contribution in [2.45, 2.75) is 58.9 Å². The monoisotopic (exact) mass is 332 g/mol. The smallest absolute Gasteiger partial charge is 0.331 e. The third-order valence-electron chi connectivity index (χ3n) is 4.35. The Hall–Kier alpha value is -2.04. The molecule has 1 aliphatic rings. The molecule has 5 heteroatoms. The van der Waals surface area contributed by atoms with E-state index < -0.39 is 0 Å². The van der Waals surface area contributed by atoms with E-state index in [1.165, 1.54) is 12.8 Å². The summed E-state index contributed by atoms with van der Waals surface area (Å²) in [5.74, 6) is 0.171. The van der Waals surface area contributed by atoms with Crippen LogP contribution in [0, 0.1) is 6.92 Å². The predicted molar refractivity (Wildman–Crippen MR) is 95.4 cm³/mol. The highest BCUT2D eigenvalue weighted by Gasteiger charge is 2.26. The zero-order valence-corrected chi connectivity index (χ0v) is 14.9. The first-order valence-electron chi connectivity index (χ1n) is 8.89. The first kappa shape index (κ1) is 18.3. The molecule has 1 atom stereocenters. The summed E-state index contributed by atoms with van der Waals surface area (Å²) in [6.45, 7) is 6.49. The molecule has 1 heterocycles. The SMILES string of the molecule is CCCCCC(CC)NC(=O)CN1CC(=O)Oc2cc(C)ccc21. The van der Waals surface area contributed by atoms with Crippen molar-refractivity contribution in [3.8, 4) is 5.75 Å². The van der Waals surface area contributed by atoms with Gasteiger partial charge in [0.05, 0.1) is 12.2 Å². The highest BCUT2D eigenvalue weighted by Crippen LogP contribution is 2.32. The van der Waals surface area contributed by atoms with Crippen LogP contribution in [-0.4, -0.2) is 31.0 Å². The molecule has 1 unspecified atom stereocenters. The van der Waals surface area contributed by atoms with Gasteiger partial charge in [-0.3, -0.25) is 4.79 Å². The molecule has 0 saturated carbocycles. The Morgan fingerprint density at radius 1 is 1.33 bits per heavy atom. The summed E-state index contributed by atoms with van der Waals surface area (Å²) in [7, 11) is 0. The summed E-state index contributed by atoms with van der Waals surface area (Å²) < 4.78 is 5.28.